The SMILES string of the molecule is CN(C[C@@]1(O)CCCN(c2cnccn2)C1)C(=O)c1cccnc1. The van der Waals surface area contributed by atoms with E-state index in [1.165, 1.54) is 6.20 Å². The molecule has 0 aromatic carbocycles. The summed E-state index contributed by atoms with van der Waals surface area (Å²) in [6, 6.07) is 3.45. The molecule has 2 aromatic rings. The Morgan fingerprint density at radius 3 is 2.88 bits per heavy atom. The van der Waals surface area contributed by atoms with Crippen molar-refractivity contribution in [2.45, 2.75) is 18.4 Å². The van der Waals surface area contributed by atoms with E-state index in [2.05, 4.69) is 15.0 Å². The zero-order valence-electron chi connectivity index (χ0n) is 13.7. The number of anilines is 1. The van der Waals surface area contributed by atoms with E-state index in [4.69, 9.17) is 0 Å². The Labute approximate surface area is 141 Å². The molecule has 1 amide bonds. The number of piperidine rings is 1. The van der Waals surface area contributed by atoms with Crippen molar-refractivity contribution in [1.29, 1.82) is 0 Å². The number of aliphatic hydroxyl groups is 1. The molecule has 3 rings (SSSR count). The van der Waals surface area contributed by atoms with Gasteiger partial charge in [-0.2, -0.15) is 0 Å². The molecule has 0 radical (unpaired) electrons. The van der Waals surface area contributed by atoms with Gasteiger partial charge in [0.05, 0.1) is 23.9 Å². The predicted molar refractivity (Wildman–Crippen MR) is 89.6 cm³/mol. The van der Waals surface area contributed by atoms with Gasteiger partial charge in [-0.3, -0.25) is 14.8 Å². The number of carbonyl (C=O) groups is 1. The molecule has 1 saturated heterocycles. The minimum atomic E-state index is -0.970. The van der Waals surface area contributed by atoms with Crippen LogP contribution in [0.3, 0.4) is 0 Å². The summed E-state index contributed by atoms with van der Waals surface area (Å²) >= 11 is 0. The van der Waals surface area contributed by atoms with Gasteiger partial charge in [0.25, 0.3) is 5.91 Å². The van der Waals surface area contributed by atoms with Crippen LogP contribution in [-0.2, 0) is 0 Å². The summed E-state index contributed by atoms with van der Waals surface area (Å²) < 4.78 is 0. The first-order chi connectivity index (χ1) is 11.6. The van der Waals surface area contributed by atoms with E-state index in [1.807, 2.05) is 4.90 Å². The lowest BCUT2D eigenvalue weighted by molar-refractivity contribution is -0.000156. The Kier molecular flexibility index (Phi) is 4.71. The summed E-state index contributed by atoms with van der Waals surface area (Å²) in [5.41, 5.74) is -0.451. The molecular formula is C17H21N5O2. The standard InChI is InChI=1S/C17H21N5O2/c1-21(16(23)14-4-2-6-18-10-14)12-17(24)5-3-9-22(13-17)15-11-19-7-8-20-15/h2,4,6-8,10-11,24H,3,5,9,12-13H2,1H3/t17-/m0/s1. The Morgan fingerprint density at radius 1 is 1.33 bits per heavy atom. The highest BCUT2D eigenvalue weighted by atomic mass is 16.3. The maximum atomic E-state index is 12.5. The Balaban J connectivity index is 1.68. The first-order valence-electron chi connectivity index (χ1n) is 7.96. The van der Waals surface area contributed by atoms with Crippen LogP contribution in [0.5, 0.6) is 0 Å². The van der Waals surface area contributed by atoms with Crippen LogP contribution in [-0.4, -0.2) is 63.1 Å². The summed E-state index contributed by atoms with van der Waals surface area (Å²) in [4.78, 5) is 28.4. The molecule has 7 heteroatoms. The molecule has 0 aliphatic carbocycles. The topological polar surface area (TPSA) is 82.5 Å². The molecule has 3 heterocycles. The fourth-order valence-corrected chi connectivity index (χ4v) is 3.11. The molecule has 0 saturated carbocycles. The fourth-order valence-electron chi connectivity index (χ4n) is 3.11. The van der Waals surface area contributed by atoms with Crippen molar-refractivity contribution in [2.24, 2.45) is 0 Å². The van der Waals surface area contributed by atoms with Crippen molar-refractivity contribution in [3.63, 3.8) is 0 Å². The van der Waals surface area contributed by atoms with E-state index in [0.29, 0.717) is 18.5 Å². The van der Waals surface area contributed by atoms with Crippen LogP contribution in [0.2, 0.25) is 0 Å². The van der Waals surface area contributed by atoms with Gasteiger partial charge < -0.3 is 14.9 Å². The molecule has 0 bridgehead atoms. The van der Waals surface area contributed by atoms with Gasteiger partial charge in [-0.15, -0.1) is 0 Å². The van der Waals surface area contributed by atoms with Gasteiger partial charge in [0, 0.05) is 44.9 Å². The highest BCUT2D eigenvalue weighted by molar-refractivity contribution is 5.93. The second kappa shape index (κ2) is 6.92. The molecule has 1 aliphatic heterocycles. The van der Waals surface area contributed by atoms with E-state index in [9.17, 15) is 9.90 Å². The molecular weight excluding hydrogens is 306 g/mol. The fraction of sp³-hybridized carbons (Fsp3) is 0.412. The van der Waals surface area contributed by atoms with Crippen molar-refractivity contribution in [3.05, 3.63) is 48.7 Å². The Bertz CT molecular complexity index is 682. The number of pyridine rings is 1. The third-order valence-electron chi connectivity index (χ3n) is 4.22. The van der Waals surface area contributed by atoms with Crippen LogP contribution in [0.1, 0.15) is 23.2 Å². The number of hydrogen-bond acceptors (Lipinski definition) is 6. The van der Waals surface area contributed by atoms with Gasteiger partial charge in [-0.1, -0.05) is 0 Å². The number of rotatable bonds is 4. The van der Waals surface area contributed by atoms with Gasteiger partial charge in [0.2, 0.25) is 0 Å². The smallest absolute Gasteiger partial charge is 0.255 e. The molecule has 1 N–H and O–H groups in total. The van der Waals surface area contributed by atoms with Gasteiger partial charge >= 0.3 is 0 Å². The molecule has 126 valence electrons. The largest absolute Gasteiger partial charge is 0.386 e. The molecule has 2 aromatic heterocycles. The predicted octanol–water partition coefficient (Wildman–Crippen LogP) is 0.975. The van der Waals surface area contributed by atoms with E-state index < -0.39 is 5.60 Å². The lowest BCUT2D eigenvalue weighted by Gasteiger charge is -2.41. The molecule has 1 atom stereocenters. The number of amides is 1. The van der Waals surface area contributed by atoms with Gasteiger partial charge in [-0.05, 0) is 25.0 Å². The normalized spacial score (nSPS) is 20.7. The molecule has 7 nitrogen and oxygen atoms in total. The third-order valence-corrected chi connectivity index (χ3v) is 4.22. The lowest BCUT2D eigenvalue weighted by Crippen LogP contribution is -2.54. The number of likely N-dealkylation sites (N-methyl/N-ethyl adjacent to an activating group) is 1. The molecule has 1 fully saturated rings. The highest BCUT2D eigenvalue weighted by Crippen LogP contribution is 2.25. The average Bonchev–Trinajstić information content (AvgIpc) is 2.62. The summed E-state index contributed by atoms with van der Waals surface area (Å²) in [7, 11) is 1.70. The van der Waals surface area contributed by atoms with Gasteiger partial charge in [-0.25, -0.2) is 4.98 Å². The van der Waals surface area contributed by atoms with E-state index >= 15 is 0 Å². The summed E-state index contributed by atoms with van der Waals surface area (Å²) in [6.45, 7) is 1.51. The summed E-state index contributed by atoms with van der Waals surface area (Å²) in [5, 5.41) is 11.0. The number of carbonyl (C=O) groups excluding carboxylic acids is 1. The number of β-amino-alcohol motifs (C(OH)–C–C–N with tert-alkyl or cyclic N) is 1. The minimum Gasteiger partial charge on any atom is -0.386 e. The number of hydrogen-bond donors (Lipinski definition) is 1. The minimum absolute atomic E-state index is 0.145. The quantitative estimate of drug-likeness (QED) is 0.901. The number of aromatic nitrogens is 3. The van der Waals surface area contributed by atoms with Gasteiger partial charge in [0.1, 0.15) is 5.82 Å². The molecule has 0 unspecified atom stereocenters. The van der Waals surface area contributed by atoms with Crippen LogP contribution in [0.15, 0.2) is 43.1 Å². The first kappa shape index (κ1) is 16.3. The maximum Gasteiger partial charge on any atom is 0.255 e. The van der Waals surface area contributed by atoms with E-state index in [0.717, 1.165) is 18.8 Å². The second-order valence-electron chi connectivity index (χ2n) is 6.22. The van der Waals surface area contributed by atoms with Crippen molar-refractivity contribution in [3.8, 4) is 0 Å². The monoisotopic (exact) mass is 327 g/mol. The Hall–Kier alpha value is -2.54. The Morgan fingerprint density at radius 2 is 2.17 bits per heavy atom. The van der Waals surface area contributed by atoms with Crippen LogP contribution in [0.4, 0.5) is 5.82 Å². The van der Waals surface area contributed by atoms with Crippen molar-refractivity contribution in [1.82, 2.24) is 19.9 Å². The first-order valence-corrected chi connectivity index (χ1v) is 7.96. The summed E-state index contributed by atoms with van der Waals surface area (Å²) in [6.07, 6.45) is 9.60. The van der Waals surface area contributed by atoms with Crippen LogP contribution in [0.25, 0.3) is 0 Å². The highest BCUT2D eigenvalue weighted by Gasteiger charge is 2.36. The second-order valence-corrected chi connectivity index (χ2v) is 6.22. The molecule has 0 spiro atoms. The molecule has 24 heavy (non-hydrogen) atoms. The van der Waals surface area contributed by atoms with Crippen LogP contribution in [0, 0.1) is 0 Å². The van der Waals surface area contributed by atoms with Crippen molar-refractivity contribution >= 4 is 11.7 Å². The summed E-state index contributed by atoms with van der Waals surface area (Å²) in [5.74, 6) is 0.602. The van der Waals surface area contributed by atoms with Crippen molar-refractivity contribution in [2.75, 3.05) is 31.6 Å². The van der Waals surface area contributed by atoms with E-state index in [-0.39, 0.29) is 12.5 Å². The third kappa shape index (κ3) is 3.68. The molecule has 1 aliphatic rings. The number of nitrogens with zero attached hydrogens (tertiary/aromatic N) is 5. The van der Waals surface area contributed by atoms with Crippen LogP contribution >= 0.6 is 0 Å². The average molecular weight is 327 g/mol. The zero-order valence-corrected chi connectivity index (χ0v) is 13.7. The zero-order chi connectivity index (χ0) is 17.0. The maximum absolute atomic E-state index is 12.5. The van der Waals surface area contributed by atoms with E-state index in [1.54, 1.807) is 48.9 Å². The van der Waals surface area contributed by atoms with Crippen molar-refractivity contribution < 1.29 is 9.90 Å². The lowest BCUT2D eigenvalue weighted by atomic mass is 9.92. The van der Waals surface area contributed by atoms with Crippen LogP contribution < -0.4 is 4.90 Å². The van der Waals surface area contributed by atoms with Gasteiger partial charge in [0.15, 0.2) is 0 Å².